The third-order valence-corrected chi connectivity index (χ3v) is 3.31. The second-order valence-electron chi connectivity index (χ2n) is 4.32. The van der Waals surface area contributed by atoms with Gasteiger partial charge in [-0.1, -0.05) is 15.9 Å². The van der Waals surface area contributed by atoms with Gasteiger partial charge in [0.2, 0.25) is 0 Å². The highest BCUT2D eigenvalue weighted by molar-refractivity contribution is 9.09. The van der Waals surface area contributed by atoms with E-state index in [1.807, 2.05) is 0 Å². The predicted molar refractivity (Wildman–Crippen MR) is 80.7 cm³/mol. The van der Waals surface area contributed by atoms with E-state index in [1.54, 1.807) is 0 Å². The smallest absolute Gasteiger partial charge is 0.328 e. The molecular weight excluding hydrogens is 344 g/mol. The van der Waals surface area contributed by atoms with Crippen LogP contribution in [0.25, 0.3) is 6.08 Å². The summed E-state index contributed by atoms with van der Waals surface area (Å²) in [5.74, 6) is -1.32. The number of carboxylic acid groups (broad SMARTS) is 1. The van der Waals surface area contributed by atoms with Gasteiger partial charge >= 0.3 is 5.97 Å². The van der Waals surface area contributed by atoms with E-state index in [9.17, 15) is 20.1 Å². The van der Waals surface area contributed by atoms with Crippen molar-refractivity contribution in [2.75, 3.05) is 12.4 Å². The van der Waals surface area contributed by atoms with Crippen molar-refractivity contribution in [1.82, 2.24) is 0 Å². The average Bonchev–Trinajstić information content (AvgIpc) is 2.45. The van der Waals surface area contributed by atoms with E-state index in [2.05, 4.69) is 15.9 Å². The van der Waals surface area contributed by atoms with Gasteiger partial charge in [-0.2, -0.15) is 0 Å². The molecule has 0 spiro atoms. The molecule has 0 bridgehead atoms. The van der Waals surface area contributed by atoms with Crippen molar-refractivity contribution in [2.45, 2.75) is 18.6 Å². The molecule has 0 aliphatic rings. The second kappa shape index (κ2) is 8.02. The molecule has 7 heteroatoms. The zero-order valence-electron chi connectivity index (χ0n) is 11.4. The number of alkyl halides is 1. The Morgan fingerprint density at radius 3 is 2.62 bits per heavy atom. The van der Waals surface area contributed by atoms with E-state index in [1.165, 1.54) is 25.3 Å². The highest BCUT2D eigenvalue weighted by atomic mass is 79.9. The first kappa shape index (κ1) is 17.5. The zero-order valence-corrected chi connectivity index (χ0v) is 12.9. The number of aromatic hydroxyl groups is 1. The molecule has 0 aliphatic carbocycles. The van der Waals surface area contributed by atoms with E-state index in [0.29, 0.717) is 10.9 Å². The average molecular weight is 361 g/mol. The normalized spacial score (nSPS) is 14.1. The van der Waals surface area contributed by atoms with Crippen molar-refractivity contribution >= 4 is 28.0 Å². The van der Waals surface area contributed by atoms with Gasteiger partial charge < -0.3 is 25.2 Å². The minimum absolute atomic E-state index is 0.0767. The molecule has 0 aliphatic heterocycles. The number of hydrogen-bond acceptors (Lipinski definition) is 5. The molecule has 0 fully saturated rings. The van der Waals surface area contributed by atoms with Crippen molar-refractivity contribution in [3.05, 3.63) is 29.3 Å². The molecule has 2 unspecified atom stereocenters. The van der Waals surface area contributed by atoms with Crippen molar-refractivity contribution < 1.29 is 30.0 Å². The number of carboxylic acids is 1. The number of benzene rings is 1. The maximum Gasteiger partial charge on any atom is 0.328 e. The molecule has 116 valence electrons. The van der Waals surface area contributed by atoms with Crippen molar-refractivity contribution in [1.29, 1.82) is 0 Å². The molecule has 1 rings (SSSR count). The lowest BCUT2D eigenvalue weighted by atomic mass is 9.98. The molecule has 0 aromatic heterocycles. The molecule has 0 saturated heterocycles. The zero-order chi connectivity index (χ0) is 16.0. The fraction of sp³-hybridized carbons (Fsp3) is 0.357. The summed E-state index contributed by atoms with van der Waals surface area (Å²) < 4.78 is 4.99. The van der Waals surface area contributed by atoms with Gasteiger partial charge in [-0.05, 0) is 30.2 Å². The highest BCUT2D eigenvalue weighted by Gasteiger charge is 2.23. The lowest BCUT2D eigenvalue weighted by Crippen LogP contribution is -2.19. The van der Waals surface area contributed by atoms with Crippen LogP contribution in [0, 0.1) is 0 Å². The number of carbonyl (C=O) groups is 1. The van der Waals surface area contributed by atoms with Crippen LogP contribution in [0.4, 0.5) is 0 Å². The van der Waals surface area contributed by atoms with Gasteiger partial charge in [0.25, 0.3) is 0 Å². The maximum atomic E-state index is 10.5. The van der Waals surface area contributed by atoms with Crippen LogP contribution in [0.1, 0.15) is 23.7 Å². The number of aliphatic hydroxyl groups is 2. The highest BCUT2D eigenvalue weighted by Crippen LogP contribution is 2.37. The number of rotatable bonds is 7. The van der Waals surface area contributed by atoms with Crippen LogP contribution in [0.2, 0.25) is 0 Å². The fourth-order valence-electron chi connectivity index (χ4n) is 1.77. The summed E-state index contributed by atoms with van der Waals surface area (Å²) >= 11 is 3.16. The van der Waals surface area contributed by atoms with Crippen LogP contribution >= 0.6 is 15.9 Å². The number of hydrogen-bond donors (Lipinski definition) is 4. The summed E-state index contributed by atoms with van der Waals surface area (Å²) in [6, 6.07) is 2.83. The third kappa shape index (κ3) is 4.73. The van der Waals surface area contributed by atoms with E-state index in [-0.39, 0.29) is 23.5 Å². The standard InChI is InChI=1S/C14H17BrO6/c1-21-11-7-8(2-3-12(17)18)6-9(14(11)20)13(19)10(16)4-5-15/h2-3,6-7,10,13,16,19-20H,4-5H2,1H3,(H,17,18). The number of methoxy groups -OCH3 is 1. The Hall–Kier alpha value is -1.57. The lowest BCUT2D eigenvalue weighted by molar-refractivity contribution is -0.131. The topological polar surface area (TPSA) is 107 Å². The summed E-state index contributed by atoms with van der Waals surface area (Å²) in [5, 5.41) is 39.1. The first-order valence-corrected chi connectivity index (χ1v) is 7.26. The molecule has 21 heavy (non-hydrogen) atoms. The number of phenols is 1. The van der Waals surface area contributed by atoms with Gasteiger partial charge in [0.05, 0.1) is 13.2 Å². The molecule has 0 radical (unpaired) electrons. The van der Waals surface area contributed by atoms with Gasteiger partial charge in [-0.25, -0.2) is 4.79 Å². The minimum Gasteiger partial charge on any atom is -0.504 e. The first-order chi connectivity index (χ1) is 9.90. The Balaban J connectivity index is 3.23. The van der Waals surface area contributed by atoms with Crippen LogP contribution in [0.3, 0.4) is 0 Å². The Labute approximate surface area is 130 Å². The summed E-state index contributed by atoms with van der Waals surface area (Å²) in [7, 11) is 1.34. The van der Waals surface area contributed by atoms with Crippen molar-refractivity contribution in [3.63, 3.8) is 0 Å². The van der Waals surface area contributed by atoms with Crippen LogP contribution in [0.15, 0.2) is 18.2 Å². The quantitative estimate of drug-likeness (QED) is 0.435. The van der Waals surface area contributed by atoms with E-state index >= 15 is 0 Å². The maximum absolute atomic E-state index is 10.5. The lowest BCUT2D eigenvalue weighted by Gasteiger charge is -2.20. The van der Waals surface area contributed by atoms with E-state index in [0.717, 1.165) is 6.08 Å². The first-order valence-electron chi connectivity index (χ1n) is 6.14. The Kier molecular flexibility index (Phi) is 6.67. The number of halogens is 1. The van der Waals surface area contributed by atoms with Crippen molar-refractivity contribution in [2.24, 2.45) is 0 Å². The minimum atomic E-state index is -1.31. The van der Waals surface area contributed by atoms with Crippen LogP contribution in [0.5, 0.6) is 11.5 Å². The van der Waals surface area contributed by atoms with Gasteiger partial charge in [-0.3, -0.25) is 0 Å². The molecule has 6 nitrogen and oxygen atoms in total. The van der Waals surface area contributed by atoms with E-state index < -0.39 is 18.2 Å². The molecule has 4 N–H and O–H groups in total. The molecule has 2 atom stereocenters. The summed E-state index contributed by atoms with van der Waals surface area (Å²) in [6.07, 6.45) is 0.139. The summed E-state index contributed by atoms with van der Waals surface area (Å²) in [4.78, 5) is 10.5. The SMILES string of the molecule is COc1cc(C=CC(=O)O)cc(C(O)C(O)CCBr)c1O. The Morgan fingerprint density at radius 2 is 2.10 bits per heavy atom. The van der Waals surface area contributed by atoms with Crippen LogP contribution < -0.4 is 4.74 Å². The fourth-order valence-corrected chi connectivity index (χ4v) is 2.24. The largest absolute Gasteiger partial charge is 0.504 e. The molecule has 0 amide bonds. The van der Waals surface area contributed by atoms with Crippen molar-refractivity contribution in [3.8, 4) is 11.5 Å². The molecule has 1 aromatic carbocycles. The number of aliphatic hydroxyl groups excluding tert-OH is 2. The Bertz CT molecular complexity index is 528. The van der Waals surface area contributed by atoms with Gasteiger partial charge in [-0.15, -0.1) is 0 Å². The molecular formula is C14H17BrO6. The molecule has 0 heterocycles. The monoisotopic (exact) mass is 360 g/mol. The van der Waals surface area contributed by atoms with Gasteiger partial charge in [0.1, 0.15) is 6.10 Å². The van der Waals surface area contributed by atoms with Gasteiger partial charge in [0.15, 0.2) is 11.5 Å². The third-order valence-electron chi connectivity index (χ3n) is 2.85. The molecule has 0 saturated carbocycles. The predicted octanol–water partition coefficient (Wildman–Crippen LogP) is 1.68. The number of phenolic OH excluding ortho intramolecular Hbond substituents is 1. The van der Waals surface area contributed by atoms with E-state index in [4.69, 9.17) is 9.84 Å². The van der Waals surface area contributed by atoms with Crippen LogP contribution in [-0.2, 0) is 4.79 Å². The summed E-state index contributed by atoms with van der Waals surface area (Å²) in [6.45, 7) is 0. The number of aliphatic carboxylic acids is 1. The van der Waals surface area contributed by atoms with Gasteiger partial charge in [0, 0.05) is 17.0 Å². The Morgan fingerprint density at radius 1 is 1.43 bits per heavy atom. The molecule has 1 aromatic rings. The number of ether oxygens (including phenoxy) is 1. The second-order valence-corrected chi connectivity index (χ2v) is 5.12. The summed E-state index contributed by atoms with van der Waals surface area (Å²) in [5.41, 5.74) is 0.500. The van der Waals surface area contributed by atoms with Crippen LogP contribution in [-0.4, -0.2) is 44.9 Å².